The lowest BCUT2D eigenvalue weighted by atomic mass is 9.96. The van der Waals surface area contributed by atoms with Crippen molar-refractivity contribution in [2.45, 2.75) is 40.2 Å². The highest BCUT2D eigenvalue weighted by Crippen LogP contribution is 2.42. The van der Waals surface area contributed by atoms with Crippen LogP contribution in [0.5, 0.6) is 17.2 Å². The molecule has 0 aliphatic heterocycles. The molecule has 0 unspecified atom stereocenters. The molecule has 0 spiro atoms. The van der Waals surface area contributed by atoms with Crippen molar-refractivity contribution in [3.8, 4) is 28.6 Å². The smallest absolute Gasteiger partial charge is 0.282 e. The molecule has 1 heterocycles. The summed E-state index contributed by atoms with van der Waals surface area (Å²) in [7, 11) is 3.21. The third-order valence-electron chi connectivity index (χ3n) is 7.39. The van der Waals surface area contributed by atoms with Gasteiger partial charge in [-0.15, -0.1) is 0 Å². The lowest BCUT2D eigenvalue weighted by molar-refractivity contribution is 0.284. The molecule has 0 saturated carbocycles. The van der Waals surface area contributed by atoms with E-state index in [0.29, 0.717) is 49.9 Å². The predicted molar refractivity (Wildman–Crippen MR) is 181 cm³/mol. The first-order chi connectivity index (χ1) is 21.1. The molecule has 9 heteroatoms. The Morgan fingerprint density at radius 1 is 1.00 bits per heavy atom. The molecule has 5 rings (SSSR count). The number of aromatic nitrogens is 2. The highest BCUT2D eigenvalue weighted by Gasteiger charge is 2.20. The summed E-state index contributed by atoms with van der Waals surface area (Å²) in [5.74, 6) is 2.22. The zero-order valence-electron chi connectivity index (χ0n) is 25.4. The standard InChI is InChI=1S/C35H33BrClN3O4/c1-20(2)26-17-27(22(4)15-29(26)42-5)34-39-28-10-8-7-9-25(28)35(41)40(34)38-18-24-16-30(43-6)33(32(37)31(24)36)44-19-23-13-11-21(3)12-14-23/h7-18,20H,19H2,1-6H3. The van der Waals surface area contributed by atoms with Crippen molar-refractivity contribution < 1.29 is 14.2 Å². The Labute approximate surface area is 270 Å². The zero-order chi connectivity index (χ0) is 31.5. The van der Waals surface area contributed by atoms with E-state index < -0.39 is 0 Å². The number of ether oxygens (including phenoxy) is 3. The van der Waals surface area contributed by atoms with Gasteiger partial charge in [0, 0.05) is 15.6 Å². The third-order valence-corrected chi connectivity index (χ3v) is 8.83. The minimum atomic E-state index is -0.296. The van der Waals surface area contributed by atoms with Crippen LogP contribution in [0.4, 0.5) is 0 Å². The minimum Gasteiger partial charge on any atom is -0.496 e. The van der Waals surface area contributed by atoms with Gasteiger partial charge in [-0.25, -0.2) is 4.98 Å². The molecule has 0 N–H and O–H groups in total. The predicted octanol–water partition coefficient (Wildman–Crippen LogP) is 8.70. The Bertz CT molecular complexity index is 1930. The quantitative estimate of drug-likeness (QED) is 0.146. The third kappa shape index (κ3) is 6.23. The van der Waals surface area contributed by atoms with E-state index in [-0.39, 0.29) is 11.5 Å². The van der Waals surface area contributed by atoms with Crippen molar-refractivity contribution in [2.24, 2.45) is 5.10 Å². The van der Waals surface area contributed by atoms with Crippen LogP contribution in [0.3, 0.4) is 0 Å². The van der Waals surface area contributed by atoms with Gasteiger partial charge in [-0.2, -0.15) is 9.78 Å². The van der Waals surface area contributed by atoms with Gasteiger partial charge in [0.15, 0.2) is 17.3 Å². The first-order valence-electron chi connectivity index (χ1n) is 14.1. The molecule has 0 bridgehead atoms. The van der Waals surface area contributed by atoms with Crippen LogP contribution in [-0.2, 0) is 6.61 Å². The second-order valence-corrected chi connectivity index (χ2v) is 11.9. The summed E-state index contributed by atoms with van der Waals surface area (Å²) in [6.07, 6.45) is 1.56. The summed E-state index contributed by atoms with van der Waals surface area (Å²) in [5, 5.41) is 5.46. The van der Waals surface area contributed by atoms with Crippen LogP contribution < -0.4 is 19.8 Å². The molecular weight excluding hydrogens is 642 g/mol. The monoisotopic (exact) mass is 673 g/mol. The lowest BCUT2D eigenvalue weighted by Crippen LogP contribution is -2.21. The first kappa shape index (κ1) is 31.3. The number of methoxy groups -OCH3 is 2. The van der Waals surface area contributed by atoms with Crippen LogP contribution in [0.15, 0.2) is 81.1 Å². The number of aryl methyl sites for hydroxylation is 2. The van der Waals surface area contributed by atoms with Crippen molar-refractivity contribution in [1.82, 2.24) is 9.66 Å². The normalized spacial score (nSPS) is 11.5. The second kappa shape index (κ2) is 13.2. The largest absolute Gasteiger partial charge is 0.496 e. The van der Waals surface area contributed by atoms with Gasteiger partial charge < -0.3 is 14.2 Å². The average molecular weight is 675 g/mol. The van der Waals surface area contributed by atoms with Crippen LogP contribution in [0.1, 0.15) is 47.6 Å². The van der Waals surface area contributed by atoms with Crippen LogP contribution >= 0.6 is 27.5 Å². The molecule has 44 heavy (non-hydrogen) atoms. The molecular formula is C35H33BrClN3O4. The Kier molecular flexibility index (Phi) is 9.42. The fraction of sp³-hybridized carbons (Fsp3) is 0.229. The summed E-state index contributed by atoms with van der Waals surface area (Å²) in [6.45, 7) is 8.51. The number of para-hydroxylation sites is 1. The van der Waals surface area contributed by atoms with E-state index in [1.165, 1.54) is 10.2 Å². The maximum Gasteiger partial charge on any atom is 0.282 e. The molecule has 0 radical (unpaired) electrons. The highest BCUT2D eigenvalue weighted by atomic mass is 79.9. The van der Waals surface area contributed by atoms with E-state index in [1.54, 1.807) is 32.6 Å². The second-order valence-electron chi connectivity index (χ2n) is 10.8. The molecule has 0 aliphatic rings. The SMILES string of the molecule is COc1cc(C)c(-c2nc3ccccc3c(=O)n2N=Cc2cc(OC)c(OCc3ccc(C)cc3)c(Cl)c2Br)cc1C(C)C. The number of hydrogen-bond acceptors (Lipinski definition) is 6. The number of hydrogen-bond donors (Lipinski definition) is 0. The van der Waals surface area contributed by atoms with Crippen molar-refractivity contribution in [3.05, 3.63) is 114 Å². The van der Waals surface area contributed by atoms with Gasteiger partial charge in [0.1, 0.15) is 17.4 Å². The number of nitrogens with zero attached hydrogens (tertiary/aromatic N) is 3. The van der Waals surface area contributed by atoms with E-state index in [2.05, 4.69) is 34.9 Å². The van der Waals surface area contributed by atoms with Crippen molar-refractivity contribution in [2.75, 3.05) is 14.2 Å². The fourth-order valence-corrected chi connectivity index (χ4v) is 5.57. The van der Waals surface area contributed by atoms with Crippen molar-refractivity contribution in [1.29, 1.82) is 0 Å². The Hall–Kier alpha value is -4.14. The van der Waals surface area contributed by atoms with Gasteiger partial charge in [0.25, 0.3) is 5.56 Å². The van der Waals surface area contributed by atoms with E-state index >= 15 is 0 Å². The molecule has 1 aromatic heterocycles. The van der Waals surface area contributed by atoms with Crippen molar-refractivity contribution in [3.63, 3.8) is 0 Å². The van der Waals surface area contributed by atoms with E-state index in [9.17, 15) is 4.79 Å². The molecule has 0 atom stereocenters. The minimum absolute atomic E-state index is 0.186. The molecule has 0 fully saturated rings. The van der Waals surface area contributed by atoms with E-state index in [0.717, 1.165) is 28.0 Å². The highest BCUT2D eigenvalue weighted by molar-refractivity contribution is 9.10. The molecule has 0 saturated heterocycles. The van der Waals surface area contributed by atoms with Crippen LogP contribution in [-0.4, -0.2) is 30.1 Å². The summed E-state index contributed by atoms with van der Waals surface area (Å²) in [5.41, 5.74) is 5.74. The number of rotatable bonds is 9. The summed E-state index contributed by atoms with van der Waals surface area (Å²) >= 11 is 10.4. The number of halogens is 2. The van der Waals surface area contributed by atoms with Gasteiger partial charge in [0.05, 0.1) is 31.3 Å². The number of fused-ring (bicyclic) bond motifs is 1. The zero-order valence-corrected chi connectivity index (χ0v) is 27.8. The average Bonchev–Trinajstić information content (AvgIpc) is 3.02. The molecule has 226 valence electrons. The summed E-state index contributed by atoms with van der Waals surface area (Å²) < 4.78 is 19.3. The van der Waals surface area contributed by atoms with Crippen LogP contribution in [0, 0.1) is 13.8 Å². The van der Waals surface area contributed by atoms with Gasteiger partial charge in [-0.05, 0) is 82.7 Å². The molecule has 4 aromatic carbocycles. The lowest BCUT2D eigenvalue weighted by Gasteiger charge is -2.17. The summed E-state index contributed by atoms with van der Waals surface area (Å²) in [6, 6.07) is 21.1. The van der Waals surface area contributed by atoms with Crippen LogP contribution in [0.25, 0.3) is 22.3 Å². The maximum absolute atomic E-state index is 13.9. The Balaban J connectivity index is 1.62. The van der Waals surface area contributed by atoms with Crippen molar-refractivity contribution >= 4 is 44.6 Å². The molecule has 7 nitrogen and oxygen atoms in total. The Morgan fingerprint density at radius 2 is 1.70 bits per heavy atom. The van der Waals surface area contributed by atoms with Gasteiger partial charge in [-0.3, -0.25) is 4.79 Å². The van der Waals surface area contributed by atoms with E-state index in [4.69, 9.17) is 30.8 Å². The summed E-state index contributed by atoms with van der Waals surface area (Å²) in [4.78, 5) is 18.8. The molecule has 5 aromatic rings. The van der Waals surface area contributed by atoms with Gasteiger partial charge >= 0.3 is 0 Å². The molecule has 0 amide bonds. The fourth-order valence-electron chi connectivity index (χ4n) is 4.92. The number of benzene rings is 4. The topological polar surface area (TPSA) is 74.9 Å². The molecule has 0 aliphatic carbocycles. The maximum atomic E-state index is 13.9. The van der Waals surface area contributed by atoms with Gasteiger partial charge in [0.2, 0.25) is 0 Å². The first-order valence-corrected chi connectivity index (χ1v) is 15.3. The van der Waals surface area contributed by atoms with Crippen LogP contribution in [0.2, 0.25) is 5.02 Å². The van der Waals surface area contributed by atoms with E-state index in [1.807, 2.05) is 68.4 Å². The Morgan fingerprint density at radius 3 is 2.39 bits per heavy atom. The van der Waals surface area contributed by atoms with Gasteiger partial charge in [-0.1, -0.05) is 67.4 Å².